The molecular weight excluding hydrogens is 244 g/mol. The van der Waals surface area contributed by atoms with E-state index in [1.165, 1.54) is 0 Å². The Morgan fingerprint density at radius 1 is 1.47 bits per heavy atom. The Labute approximate surface area is 114 Å². The SMILES string of the molecule is Cc1ccc(OC(C)C(=O)NC(C)(C)C)c(CO)n1. The molecule has 1 unspecified atom stereocenters. The third-order valence-electron chi connectivity index (χ3n) is 2.39. The van der Waals surface area contributed by atoms with Crippen LogP contribution in [0.5, 0.6) is 5.75 Å². The van der Waals surface area contributed by atoms with Crippen molar-refractivity contribution in [2.75, 3.05) is 0 Å². The number of aryl methyl sites for hydroxylation is 1. The number of amides is 1. The summed E-state index contributed by atoms with van der Waals surface area (Å²) in [6.45, 7) is 9.00. The van der Waals surface area contributed by atoms with E-state index in [0.717, 1.165) is 5.69 Å². The molecule has 5 heteroatoms. The Hall–Kier alpha value is -1.62. The van der Waals surface area contributed by atoms with Gasteiger partial charge in [0.05, 0.1) is 6.61 Å². The number of nitrogens with zero attached hydrogens (tertiary/aromatic N) is 1. The summed E-state index contributed by atoms with van der Waals surface area (Å²) in [6.07, 6.45) is -0.644. The fourth-order valence-corrected chi connectivity index (χ4v) is 1.53. The van der Waals surface area contributed by atoms with Gasteiger partial charge in [0.25, 0.3) is 5.91 Å². The van der Waals surface area contributed by atoms with Crippen LogP contribution in [0.25, 0.3) is 0 Å². The maximum absolute atomic E-state index is 11.9. The number of carbonyl (C=O) groups is 1. The minimum atomic E-state index is -0.644. The van der Waals surface area contributed by atoms with Gasteiger partial charge in [0.1, 0.15) is 11.4 Å². The van der Waals surface area contributed by atoms with E-state index < -0.39 is 6.10 Å². The highest BCUT2D eigenvalue weighted by molar-refractivity contribution is 5.81. The third kappa shape index (κ3) is 4.87. The van der Waals surface area contributed by atoms with E-state index in [1.807, 2.05) is 27.7 Å². The number of ether oxygens (including phenoxy) is 1. The van der Waals surface area contributed by atoms with Crippen LogP contribution in [0.15, 0.2) is 12.1 Å². The Kier molecular flexibility index (Phi) is 4.89. The zero-order valence-electron chi connectivity index (χ0n) is 12.2. The Morgan fingerprint density at radius 3 is 2.63 bits per heavy atom. The number of hydrogen-bond donors (Lipinski definition) is 2. The van der Waals surface area contributed by atoms with Gasteiger partial charge < -0.3 is 15.2 Å². The van der Waals surface area contributed by atoms with Crippen molar-refractivity contribution in [2.24, 2.45) is 0 Å². The van der Waals surface area contributed by atoms with Gasteiger partial charge in [-0.2, -0.15) is 0 Å². The lowest BCUT2D eigenvalue weighted by Gasteiger charge is -2.24. The molecule has 5 nitrogen and oxygen atoms in total. The molecule has 2 N–H and O–H groups in total. The Bertz CT molecular complexity index is 452. The normalized spacial score (nSPS) is 12.9. The van der Waals surface area contributed by atoms with Crippen molar-refractivity contribution >= 4 is 5.91 Å². The predicted molar refractivity (Wildman–Crippen MR) is 72.9 cm³/mol. The van der Waals surface area contributed by atoms with Gasteiger partial charge >= 0.3 is 0 Å². The monoisotopic (exact) mass is 266 g/mol. The van der Waals surface area contributed by atoms with Crippen LogP contribution in [0.2, 0.25) is 0 Å². The van der Waals surface area contributed by atoms with Crippen LogP contribution >= 0.6 is 0 Å². The van der Waals surface area contributed by atoms with Gasteiger partial charge in [-0.1, -0.05) is 0 Å². The fourth-order valence-electron chi connectivity index (χ4n) is 1.53. The maximum atomic E-state index is 11.9. The fraction of sp³-hybridized carbons (Fsp3) is 0.571. The van der Waals surface area contributed by atoms with E-state index in [2.05, 4.69) is 10.3 Å². The molecular formula is C14H22N2O3. The van der Waals surface area contributed by atoms with Crippen LogP contribution in [-0.2, 0) is 11.4 Å². The number of pyridine rings is 1. The van der Waals surface area contributed by atoms with E-state index in [9.17, 15) is 9.90 Å². The summed E-state index contributed by atoms with van der Waals surface area (Å²) in [5, 5.41) is 12.1. The lowest BCUT2D eigenvalue weighted by Crippen LogP contribution is -2.46. The van der Waals surface area contributed by atoms with Gasteiger partial charge in [-0.15, -0.1) is 0 Å². The van der Waals surface area contributed by atoms with Crippen molar-refractivity contribution < 1.29 is 14.6 Å². The van der Waals surface area contributed by atoms with Gasteiger partial charge in [0.15, 0.2) is 6.10 Å². The lowest BCUT2D eigenvalue weighted by molar-refractivity contribution is -0.128. The molecule has 1 rings (SSSR count). The van der Waals surface area contributed by atoms with E-state index in [1.54, 1.807) is 19.1 Å². The molecule has 1 amide bonds. The largest absolute Gasteiger partial charge is 0.479 e. The number of hydrogen-bond acceptors (Lipinski definition) is 4. The first-order chi connectivity index (χ1) is 8.73. The number of rotatable bonds is 4. The van der Waals surface area contributed by atoms with Crippen molar-refractivity contribution in [3.8, 4) is 5.75 Å². The van der Waals surface area contributed by atoms with Crippen LogP contribution in [0.4, 0.5) is 0 Å². The van der Waals surface area contributed by atoms with E-state index in [0.29, 0.717) is 11.4 Å². The maximum Gasteiger partial charge on any atom is 0.261 e. The third-order valence-corrected chi connectivity index (χ3v) is 2.39. The van der Waals surface area contributed by atoms with Crippen LogP contribution in [0, 0.1) is 6.92 Å². The Morgan fingerprint density at radius 2 is 2.11 bits per heavy atom. The van der Waals surface area contributed by atoms with Gasteiger partial charge in [0.2, 0.25) is 0 Å². The molecule has 0 fully saturated rings. The number of carbonyl (C=O) groups excluding carboxylic acids is 1. The Balaban J connectivity index is 2.76. The van der Waals surface area contributed by atoms with E-state index >= 15 is 0 Å². The minimum absolute atomic E-state index is 0.197. The highest BCUT2D eigenvalue weighted by atomic mass is 16.5. The lowest BCUT2D eigenvalue weighted by atomic mass is 10.1. The summed E-state index contributed by atoms with van der Waals surface area (Å²) in [7, 11) is 0. The summed E-state index contributed by atoms with van der Waals surface area (Å²) < 4.78 is 5.56. The number of aliphatic hydroxyl groups is 1. The topological polar surface area (TPSA) is 71.5 Å². The number of nitrogens with one attached hydrogen (secondary N) is 1. The van der Waals surface area contributed by atoms with Gasteiger partial charge in [0, 0.05) is 11.2 Å². The van der Waals surface area contributed by atoms with Crippen LogP contribution in [0.1, 0.15) is 39.1 Å². The number of aliphatic hydroxyl groups excluding tert-OH is 1. The molecule has 1 aromatic rings. The van der Waals surface area contributed by atoms with Gasteiger partial charge in [-0.05, 0) is 46.8 Å². The number of aromatic nitrogens is 1. The molecule has 19 heavy (non-hydrogen) atoms. The smallest absolute Gasteiger partial charge is 0.261 e. The second-order valence-corrected chi connectivity index (χ2v) is 5.55. The molecule has 0 aliphatic carbocycles. The second-order valence-electron chi connectivity index (χ2n) is 5.55. The molecule has 1 heterocycles. The highest BCUT2D eigenvalue weighted by Crippen LogP contribution is 2.18. The van der Waals surface area contributed by atoms with Crippen molar-refractivity contribution in [2.45, 2.75) is 52.9 Å². The first-order valence-corrected chi connectivity index (χ1v) is 6.29. The minimum Gasteiger partial charge on any atom is -0.479 e. The first-order valence-electron chi connectivity index (χ1n) is 6.29. The van der Waals surface area contributed by atoms with Gasteiger partial charge in [-0.25, -0.2) is 0 Å². The van der Waals surface area contributed by atoms with Crippen LogP contribution in [-0.4, -0.2) is 27.6 Å². The molecule has 0 aliphatic heterocycles. The van der Waals surface area contributed by atoms with E-state index in [4.69, 9.17) is 4.74 Å². The molecule has 0 saturated heterocycles. The van der Waals surface area contributed by atoms with Gasteiger partial charge in [-0.3, -0.25) is 9.78 Å². The van der Waals surface area contributed by atoms with Crippen LogP contribution in [0.3, 0.4) is 0 Å². The first kappa shape index (κ1) is 15.4. The summed E-state index contributed by atoms with van der Waals surface area (Å²) in [4.78, 5) is 16.1. The molecule has 0 bridgehead atoms. The standard InChI is InChI=1S/C14H22N2O3/c1-9-6-7-12(11(8-17)15-9)19-10(2)13(18)16-14(3,4)5/h6-7,10,17H,8H2,1-5H3,(H,16,18). The molecule has 0 aliphatic rings. The molecule has 1 aromatic heterocycles. The quantitative estimate of drug-likeness (QED) is 0.867. The highest BCUT2D eigenvalue weighted by Gasteiger charge is 2.21. The van der Waals surface area contributed by atoms with Crippen molar-refractivity contribution in [3.05, 3.63) is 23.5 Å². The molecule has 0 radical (unpaired) electrons. The second kappa shape index (κ2) is 6.02. The zero-order valence-corrected chi connectivity index (χ0v) is 12.2. The van der Waals surface area contributed by atoms with Crippen molar-refractivity contribution in [1.82, 2.24) is 10.3 Å². The van der Waals surface area contributed by atoms with Crippen LogP contribution < -0.4 is 10.1 Å². The summed E-state index contributed by atoms with van der Waals surface area (Å²) >= 11 is 0. The summed E-state index contributed by atoms with van der Waals surface area (Å²) in [5.41, 5.74) is 0.929. The zero-order chi connectivity index (χ0) is 14.6. The molecule has 0 aromatic carbocycles. The van der Waals surface area contributed by atoms with Crippen molar-refractivity contribution in [1.29, 1.82) is 0 Å². The molecule has 1 atom stereocenters. The molecule has 106 valence electrons. The average Bonchev–Trinajstić information content (AvgIpc) is 2.29. The predicted octanol–water partition coefficient (Wildman–Crippen LogP) is 1.56. The molecule has 0 saturated carbocycles. The average molecular weight is 266 g/mol. The van der Waals surface area contributed by atoms with E-state index in [-0.39, 0.29) is 18.1 Å². The summed E-state index contributed by atoms with van der Waals surface area (Å²) in [5.74, 6) is 0.238. The molecule has 0 spiro atoms. The van der Waals surface area contributed by atoms with Crippen molar-refractivity contribution in [3.63, 3.8) is 0 Å². The summed E-state index contributed by atoms with van der Waals surface area (Å²) in [6, 6.07) is 3.50.